The molecule has 1 unspecified atom stereocenters. The molecule has 1 aliphatic rings. The first kappa shape index (κ1) is 18.0. The fourth-order valence-corrected chi connectivity index (χ4v) is 3.63. The van der Waals surface area contributed by atoms with Crippen LogP contribution < -0.4 is 10.2 Å². The third-order valence-electron chi connectivity index (χ3n) is 4.94. The van der Waals surface area contributed by atoms with E-state index in [0.717, 1.165) is 25.2 Å². The van der Waals surface area contributed by atoms with Crippen LogP contribution in [-0.2, 0) is 4.79 Å². The second-order valence-electron chi connectivity index (χ2n) is 6.96. The third kappa shape index (κ3) is 3.55. The molecule has 144 valence electrons. The molecule has 0 saturated carbocycles. The Hall–Kier alpha value is -3.35. The summed E-state index contributed by atoms with van der Waals surface area (Å²) in [5.74, 6) is -0.524. The maximum atomic E-state index is 14.1. The van der Waals surface area contributed by atoms with E-state index in [2.05, 4.69) is 20.2 Å². The van der Waals surface area contributed by atoms with Crippen molar-refractivity contribution in [1.29, 1.82) is 0 Å². The van der Waals surface area contributed by atoms with Crippen molar-refractivity contribution < 1.29 is 14.3 Å². The van der Waals surface area contributed by atoms with Crippen molar-refractivity contribution >= 4 is 34.4 Å². The van der Waals surface area contributed by atoms with Gasteiger partial charge in [-0.15, -0.1) is 0 Å². The summed E-state index contributed by atoms with van der Waals surface area (Å²) in [6, 6.07) is 12.5. The third-order valence-corrected chi connectivity index (χ3v) is 4.94. The van der Waals surface area contributed by atoms with Gasteiger partial charge in [0.2, 0.25) is 5.91 Å². The van der Waals surface area contributed by atoms with Crippen LogP contribution in [0.25, 0.3) is 10.9 Å². The van der Waals surface area contributed by atoms with Gasteiger partial charge < -0.3 is 20.3 Å². The van der Waals surface area contributed by atoms with Crippen LogP contribution >= 0.6 is 0 Å². The van der Waals surface area contributed by atoms with Gasteiger partial charge >= 0.3 is 0 Å². The van der Waals surface area contributed by atoms with Crippen molar-refractivity contribution in [3.63, 3.8) is 0 Å². The van der Waals surface area contributed by atoms with Gasteiger partial charge in [-0.25, -0.2) is 4.39 Å². The SMILES string of the molecule is CC(=O)NC1CCN(c2ccc(N=Cc3c(O)[nH]c4cccc(F)c34)cc2)C1. The Kier molecular flexibility index (Phi) is 4.73. The quantitative estimate of drug-likeness (QED) is 0.606. The monoisotopic (exact) mass is 380 g/mol. The molecule has 1 aromatic heterocycles. The lowest BCUT2D eigenvalue weighted by atomic mass is 10.1. The number of nitrogens with zero attached hydrogens (tertiary/aromatic N) is 2. The summed E-state index contributed by atoms with van der Waals surface area (Å²) in [5, 5.41) is 13.3. The highest BCUT2D eigenvalue weighted by atomic mass is 19.1. The lowest BCUT2D eigenvalue weighted by molar-refractivity contribution is -0.119. The molecular formula is C21H21FN4O2. The van der Waals surface area contributed by atoms with Crippen LogP contribution in [0.2, 0.25) is 0 Å². The number of amides is 1. The van der Waals surface area contributed by atoms with Crippen LogP contribution in [0.5, 0.6) is 5.88 Å². The molecule has 4 rings (SSSR count). The summed E-state index contributed by atoms with van der Waals surface area (Å²) >= 11 is 0. The number of anilines is 1. The molecule has 0 radical (unpaired) electrons. The number of halogens is 1. The fraction of sp³-hybridized carbons (Fsp3) is 0.238. The predicted molar refractivity (Wildman–Crippen MR) is 108 cm³/mol. The van der Waals surface area contributed by atoms with Crippen molar-refractivity contribution in [3.8, 4) is 5.88 Å². The van der Waals surface area contributed by atoms with E-state index in [4.69, 9.17) is 0 Å². The summed E-state index contributed by atoms with van der Waals surface area (Å²) in [5.41, 5.74) is 2.62. The van der Waals surface area contributed by atoms with E-state index in [0.29, 0.717) is 22.2 Å². The predicted octanol–water partition coefficient (Wildman–Crippen LogP) is 3.48. The molecule has 1 saturated heterocycles. The van der Waals surface area contributed by atoms with Gasteiger partial charge in [-0.05, 0) is 42.8 Å². The van der Waals surface area contributed by atoms with E-state index >= 15 is 0 Å². The zero-order valence-electron chi connectivity index (χ0n) is 15.4. The molecule has 2 aromatic carbocycles. The highest BCUT2D eigenvalue weighted by Gasteiger charge is 2.23. The first-order valence-electron chi connectivity index (χ1n) is 9.16. The Balaban J connectivity index is 1.50. The zero-order chi connectivity index (χ0) is 19.7. The largest absolute Gasteiger partial charge is 0.494 e. The molecule has 2 heterocycles. The Labute approximate surface area is 161 Å². The number of fused-ring (bicyclic) bond motifs is 1. The molecule has 7 heteroatoms. The first-order valence-corrected chi connectivity index (χ1v) is 9.16. The molecule has 0 bridgehead atoms. The number of carbonyl (C=O) groups excluding carboxylic acids is 1. The Morgan fingerprint density at radius 3 is 2.86 bits per heavy atom. The summed E-state index contributed by atoms with van der Waals surface area (Å²) in [4.78, 5) is 20.5. The number of rotatable bonds is 4. The van der Waals surface area contributed by atoms with Crippen LogP contribution in [0.1, 0.15) is 18.9 Å². The van der Waals surface area contributed by atoms with E-state index < -0.39 is 5.82 Å². The Morgan fingerprint density at radius 1 is 1.32 bits per heavy atom. The van der Waals surface area contributed by atoms with Crippen molar-refractivity contribution in [2.75, 3.05) is 18.0 Å². The van der Waals surface area contributed by atoms with Gasteiger partial charge in [0.15, 0.2) is 5.88 Å². The molecule has 1 fully saturated rings. The summed E-state index contributed by atoms with van der Waals surface area (Å²) < 4.78 is 14.1. The number of aromatic amines is 1. The van der Waals surface area contributed by atoms with E-state index in [-0.39, 0.29) is 17.8 Å². The number of H-pyrrole nitrogens is 1. The number of hydrogen-bond donors (Lipinski definition) is 3. The molecule has 1 atom stereocenters. The number of benzene rings is 2. The second kappa shape index (κ2) is 7.34. The lowest BCUT2D eigenvalue weighted by Crippen LogP contribution is -2.35. The van der Waals surface area contributed by atoms with Gasteiger partial charge in [-0.3, -0.25) is 9.79 Å². The second-order valence-corrected chi connectivity index (χ2v) is 6.96. The molecule has 3 N–H and O–H groups in total. The minimum atomic E-state index is -0.409. The average molecular weight is 380 g/mol. The summed E-state index contributed by atoms with van der Waals surface area (Å²) in [6.07, 6.45) is 2.39. The van der Waals surface area contributed by atoms with Gasteiger partial charge in [0, 0.05) is 43.3 Å². The van der Waals surface area contributed by atoms with Gasteiger partial charge in [0.25, 0.3) is 0 Å². The van der Waals surface area contributed by atoms with Gasteiger partial charge in [0.1, 0.15) is 5.82 Å². The Bertz CT molecular complexity index is 1040. The lowest BCUT2D eigenvalue weighted by Gasteiger charge is -2.18. The normalized spacial score (nSPS) is 16.9. The van der Waals surface area contributed by atoms with Crippen LogP contribution in [-0.4, -0.2) is 41.3 Å². The van der Waals surface area contributed by atoms with Crippen LogP contribution in [0.3, 0.4) is 0 Å². The van der Waals surface area contributed by atoms with Crippen LogP contribution in [0.15, 0.2) is 47.5 Å². The van der Waals surface area contributed by atoms with Crippen molar-refractivity contribution in [2.24, 2.45) is 4.99 Å². The number of hydrogen-bond acceptors (Lipinski definition) is 4. The zero-order valence-corrected chi connectivity index (χ0v) is 15.4. The number of aromatic nitrogens is 1. The smallest absolute Gasteiger partial charge is 0.217 e. The molecule has 1 amide bonds. The van der Waals surface area contributed by atoms with Crippen LogP contribution in [0, 0.1) is 5.82 Å². The highest BCUT2D eigenvalue weighted by molar-refractivity contribution is 6.02. The topological polar surface area (TPSA) is 80.7 Å². The maximum absolute atomic E-state index is 14.1. The van der Waals surface area contributed by atoms with E-state index in [1.54, 1.807) is 12.1 Å². The Morgan fingerprint density at radius 2 is 2.11 bits per heavy atom. The molecule has 3 aromatic rings. The summed E-state index contributed by atoms with van der Waals surface area (Å²) in [7, 11) is 0. The molecule has 1 aliphatic heterocycles. The van der Waals surface area contributed by atoms with Gasteiger partial charge in [-0.2, -0.15) is 0 Å². The average Bonchev–Trinajstić information content (AvgIpc) is 3.24. The van der Waals surface area contributed by atoms with Crippen molar-refractivity contribution in [2.45, 2.75) is 19.4 Å². The van der Waals surface area contributed by atoms with Crippen molar-refractivity contribution in [1.82, 2.24) is 10.3 Å². The van der Waals surface area contributed by atoms with Crippen molar-refractivity contribution in [3.05, 3.63) is 53.8 Å². The summed E-state index contributed by atoms with van der Waals surface area (Å²) in [6.45, 7) is 3.20. The maximum Gasteiger partial charge on any atom is 0.217 e. The standard InChI is InChI=1S/C21H21FN4O2/c1-13(27)24-15-9-10-26(12-15)16-7-5-14(6-8-16)23-11-17-20-18(22)3-2-4-19(20)25-21(17)28/h2-8,11,15,25,28H,9-10,12H2,1H3,(H,24,27). The molecule has 0 spiro atoms. The number of aromatic hydroxyl groups is 1. The van der Waals surface area contributed by atoms with Gasteiger partial charge in [-0.1, -0.05) is 6.07 Å². The number of carbonyl (C=O) groups is 1. The van der Waals surface area contributed by atoms with E-state index in [1.807, 2.05) is 24.3 Å². The fourth-order valence-electron chi connectivity index (χ4n) is 3.63. The highest BCUT2D eigenvalue weighted by Crippen LogP contribution is 2.29. The molecular weight excluding hydrogens is 359 g/mol. The first-order chi connectivity index (χ1) is 13.5. The van der Waals surface area contributed by atoms with E-state index in [1.165, 1.54) is 19.2 Å². The minimum Gasteiger partial charge on any atom is -0.494 e. The number of nitrogens with one attached hydrogen (secondary N) is 2. The molecule has 6 nitrogen and oxygen atoms in total. The van der Waals surface area contributed by atoms with Gasteiger partial charge in [0.05, 0.1) is 16.8 Å². The van der Waals surface area contributed by atoms with Crippen LogP contribution in [0.4, 0.5) is 15.8 Å². The molecule has 0 aliphatic carbocycles. The minimum absolute atomic E-state index is 0.00601. The number of aliphatic imine (C=N–C) groups is 1. The molecule has 28 heavy (non-hydrogen) atoms. The van der Waals surface area contributed by atoms with E-state index in [9.17, 15) is 14.3 Å².